The molecule has 1 nitrogen and oxygen atoms in total. The third-order valence-electron chi connectivity index (χ3n) is 13.4. The summed E-state index contributed by atoms with van der Waals surface area (Å²) in [7, 11) is 0. The van der Waals surface area contributed by atoms with E-state index < -0.39 is 0 Å². The first-order valence-electron chi connectivity index (χ1n) is 21.0. The van der Waals surface area contributed by atoms with Crippen LogP contribution in [-0.4, -0.2) is 6.04 Å². The molecule has 1 fully saturated rings. The second-order valence-corrected chi connectivity index (χ2v) is 18.0. The van der Waals surface area contributed by atoms with Gasteiger partial charge in [-0.05, 0) is 111 Å². The first-order valence-corrected chi connectivity index (χ1v) is 21.8. The Balaban J connectivity index is 1.15. The number of fused-ring (bicyclic) bond motifs is 7. The number of anilines is 2. The van der Waals surface area contributed by atoms with Crippen molar-refractivity contribution in [3.05, 3.63) is 186 Å². The Kier molecular flexibility index (Phi) is 8.33. The summed E-state index contributed by atoms with van der Waals surface area (Å²) in [6, 6.07) is 55.5. The Morgan fingerprint density at radius 1 is 0.579 bits per heavy atom. The standard InChI is InChI=1S/C55H47NS/c1-55(2)46-27-10-6-22-41(46)42-34-33-38(35-47(42)55)39-21-7-11-28-48(39)56(50-30-16-32-52-54(50)45-24-9-13-31-51(45)57-52)49-29-12-8-23-43(49)44-26-15-20-37-19-14-25-40(53(37)44)36-17-4-3-5-18-36/h6-16,19-28,30-36,49H,3-5,17-18,29H2,1-2H3. The van der Waals surface area contributed by atoms with Gasteiger partial charge in [0.2, 0.25) is 0 Å². The van der Waals surface area contributed by atoms with Crippen LogP contribution in [0.25, 0.3) is 58.8 Å². The number of hydrogen-bond donors (Lipinski definition) is 0. The molecule has 0 N–H and O–H groups in total. The van der Waals surface area contributed by atoms with Crippen molar-refractivity contribution >= 4 is 59.2 Å². The molecule has 0 bridgehead atoms. The second kappa shape index (κ2) is 13.7. The summed E-state index contributed by atoms with van der Waals surface area (Å²) in [5, 5.41) is 5.47. The highest BCUT2D eigenvalue weighted by Crippen LogP contribution is 2.52. The van der Waals surface area contributed by atoms with Crippen LogP contribution in [0, 0.1) is 0 Å². The number of hydrogen-bond acceptors (Lipinski definition) is 2. The lowest BCUT2D eigenvalue weighted by molar-refractivity contribution is 0.445. The summed E-state index contributed by atoms with van der Waals surface area (Å²) in [4.78, 5) is 2.72. The van der Waals surface area contributed by atoms with Gasteiger partial charge in [-0.1, -0.05) is 167 Å². The molecule has 3 aliphatic carbocycles. The van der Waals surface area contributed by atoms with Crippen LogP contribution in [0.2, 0.25) is 0 Å². The zero-order valence-corrected chi connectivity index (χ0v) is 33.7. The SMILES string of the molecule is CC1(C)c2ccccc2-c2ccc(-c3ccccc3N(c3cccc4sc5ccccc5c34)C3CC=CC=C3c3cccc4cccc(C5CCCCC5)c34)cc21. The molecule has 0 radical (unpaired) electrons. The highest BCUT2D eigenvalue weighted by Gasteiger charge is 2.36. The molecule has 1 saturated carbocycles. The fourth-order valence-electron chi connectivity index (χ4n) is 10.7. The van der Waals surface area contributed by atoms with Crippen molar-refractivity contribution in [2.45, 2.75) is 69.7 Å². The van der Waals surface area contributed by atoms with E-state index >= 15 is 0 Å². The maximum Gasteiger partial charge on any atom is 0.0632 e. The van der Waals surface area contributed by atoms with E-state index in [9.17, 15) is 0 Å². The predicted octanol–water partition coefficient (Wildman–Crippen LogP) is 15.8. The van der Waals surface area contributed by atoms with Gasteiger partial charge in [0, 0.05) is 36.8 Å². The predicted molar refractivity (Wildman–Crippen MR) is 246 cm³/mol. The Morgan fingerprint density at radius 2 is 1.28 bits per heavy atom. The van der Waals surface area contributed by atoms with Crippen LogP contribution < -0.4 is 4.90 Å². The molecule has 7 aromatic carbocycles. The topological polar surface area (TPSA) is 3.24 Å². The van der Waals surface area contributed by atoms with Gasteiger partial charge in [-0.2, -0.15) is 0 Å². The number of allylic oxidation sites excluding steroid dienone is 2. The summed E-state index contributed by atoms with van der Waals surface area (Å²) >= 11 is 1.90. The molecule has 1 unspecified atom stereocenters. The normalized spacial score (nSPS) is 17.5. The Morgan fingerprint density at radius 3 is 2.18 bits per heavy atom. The number of nitrogens with zero attached hydrogens (tertiary/aromatic N) is 1. The molecule has 0 saturated heterocycles. The molecule has 57 heavy (non-hydrogen) atoms. The molecular formula is C55H47NS. The zero-order valence-electron chi connectivity index (χ0n) is 32.8. The second-order valence-electron chi connectivity index (χ2n) is 17.0. The van der Waals surface area contributed by atoms with Gasteiger partial charge in [0.05, 0.1) is 11.7 Å². The minimum absolute atomic E-state index is 0.0700. The van der Waals surface area contributed by atoms with Gasteiger partial charge in [-0.3, -0.25) is 0 Å². The van der Waals surface area contributed by atoms with Crippen LogP contribution in [0.3, 0.4) is 0 Å². The maximum atomic E-state index is 2.72. The van der Waals surface area contributed by atoms with Crippen molar-refractivity contribution in [3.63, 3.8) is 0 Å². The largest absolute Gasteiger partial charge is 0.332 e. The fraction of sp³-hybridized carbons (Fsp3) is 0.200. The van der Waals surface area contributed by atoms with Crippen molar-refractivity contribution in [1.29, 1.82) is 0 Å². The van der Waals surface area contributed by atoms with Gasteiger partial charge in [0.1, 0.15) is 0 Å². The molecule has 0 spiro atoms. The molecule has 8 aromatic rings. The highest BCUT2D eigenvalue weighted by atomic mass is 32.1. The quantitative estimate of drug-likeness (QED) is 0.163. The van der Waals surface area contributed by atoms with Crippen LogP contribution in [0.4, 0.5) is 11.4 Å². The van der Waals surface area contributed by atoms with E-state index in [0.717, 1.165) is 6.42 Å². The molecular weight excluding hydrogens is 707 g/mol. The monoisotopic (exact) mass is 753 g/mol. The van der Waals surface area contributed by atoms with E-state index in [1.54, 1.807) is 0 Å². The molecule has 278 valence electrons. The van der Waals surface area contributed by atoms with Crippen LogP contribution >= 0.6 is 11.3 Å². The molecule has 0 aliphatic heterocycles. The van der Waals surface area contributed by atoms with Crippen molar-refractivity contribution in [2.24, 2.45) is 0 Å². The average molecular weight is 754 g/mol. The molecule has 3 aliphatic rings. The average Bonchev–Trinajstić information content (AvgIpc) is 3.76. The lowest BCUT2D eigenvalue weighted by atomic mass is 9.79. The van der Waals surface area contributed by atoms with Gasteiger partial charge >= 0.3 is 0 Å². The van der Waals surface area contributed by atoms with E-state index in [4.69, 9.17) is 0 Å². The maximum absolute atomic E-state index is 2.72. The van der Waals surface area contributed by atoms with Crippen LogP contribution in [0.5, 0.6) is 0 Å². The van der Waals surface area contributed by atoms with Crippen molar-refractivity contribution in [3.8, 4) is 22.3 Å². The third-order valence-corrected chi connectivity index (χ3v) is 14.6. The Bertz CT molecular complexity index is 2910. The summed E-state index contributed by atoms with van der Waals surface area (Å²) in [5.41, 5.74) is 14.8. The molecule has 1 atom stereocenters. The number of thiophene rings is 1. The lowest BCUT2D eigenvalue weighted by Crippen LogP contribution is -2.33. The highest BCUT2D eigenvalue weighted by molar-refractivity contribution is 7.26. The van der Waals surface area contributed by atoms with Crippen molar-refractivity contribution in [2.75, 3.05) is 4.90 Å². The summed E-state index contributed by atoms with van der Waals surface area (Å²) < 4.78 is 2.66. The fourth-order valence-corrected chi connectivity index (χ4v) is 11.8. The van der Waals surface area contributed by atoms with E-state index in [0.29, 0.717) is 5.92 Å². The minimum atomic E-state index is -0.0772. The third kappa shape index (κ3) is 5.56. The van der Waals surface area contributed by atoms with Gasteiger partial charge in [-0.15, -0.1) is 11.3 Å². The Labute approximate surface area is 340 Å². The van der Waals surface area contributed by atoms with Crippen molar-refractivity contribution < 1.29 is 0 Å². The number of rotatable bonds is 6. The van der Waals surface area contributed by atoms with E-state index in [1.807, 2.05) is 11.3 Å². The molecule has 11 rings (SSSR count). The van der Waals surface area contributed by atoms with Crippen LogP contribution in [0.1, 0.15) is 80.5 Å². The van der Waals surface area contributed by atoms with E-state index in [2.05, 4.69) is 183 Å². The number of benzene rings is 7. The summed E-state index contributed by atoms with van der Waals surface area (Å²) in [6.07, 6.45) is 14.6. The van der Waals surface area contributed by atoms with E-state index in [1.165, 1.54) is 125 Å². The first kappa shape index (κ1) is 34.5. The van der Waals surface area contributed by atoms with Gasteiger partial charge in [0.25, 0.3) is 0 Å². The van der Waals surface area contributed by atoms with Gasteiger partial charge < -0.3 is 4.90 Å². The minimum Gasteiger partial charge on any atom is -0.332 e. The lowest BCUT2D eigenvalue weighted by Gasteiger charge is -2.38. The van der Waals surface area contributed by atoms with Crippen LogP contribution in [-0.2, 0) is 5.41 Å². The van der Waals surface area contributed by atoms with Crippen molar-refractivity contribution in [1.82, 2.24) is 0 Å². The molecule has 1 heterocycles. The summed E-state index contributed by atoms with van der Waals surface area (Å²) in [5.74, 6) is 0.611. The van der Waals surface area contributed by atoms with Crippen LogP contribution in [0.15, 0.2) is 164 Å². The zero-order chi connectivity index (χ0) is 38.1. The van der Waals surface area contributed by atoms with Gasteiger partial charge in [-0.25, -0.2) is 0 Å². The van der Waals surface area contributed by atoms with E-state index in [-0.39, 0.29) is 11.5 Å². The first-order chi connectivity index (χ1) is 28.1. The molecule has 1 aromatic heterocycles. The van der Waals surface area contributed by atoms with Gasteiger partial charge in [0.15, 0.2) is 0 Å². The smallest absolute Gasteiger partial charge is 0.0632 e. The summed E-state index contributed by atoms with van der Waals surface area (Å²) in [6.45, 7) is 4.78. The Hall–Kier alpha value is -5.70. The number of para-hydroxylation sites is 1. The molecule has 2 heteroatoms. The molecule has 0 amide bonds.